The molecule has 7 aromatic rings. The standard InChI is InChI=1S/C54H56F2N10O9S2/c1-28(2)44(51(69)66-24-35(67)18-41(66)48-61-53(71)54(4,62-48)33-12-10-30(11-13-33)47-29(3)60-27-76-47)42-20-43(63-75-42)74-15-9-7-8-14-57-50(68)36-19-40-37(16-31(36)26-77(6,72)73)38-25-64(5)52(70)46-45(38)32(21-58-46)23-65(40)49-39(56)17-34(55)22-59-49/h10-13,16-17,19-22,25,27-28,35,41,44,58,67H,7-9,14-15,18,23-24,26H2,1-6H3,(H,57,68)(H,61,62,71)/t35-,41-,44+,54-/m1/s1. The van der Waals surface area contributed by atoms with Crippen LogP contribution in [0.4, 0.5) is 20.3 Å². The van der Waals surface area contributed by atoms with Gasteiger partial charge in [-0.1, -0.05) is 38.1 Å². The largest absolute Gasteiger partial charge is 0.476 e. The second kappa shape index (κ2) is 20.7. The van der Waals surface area contributed by atoms with Crippen LogP contribution in [-0.4, -0.2) is 105 Å². The number of H-pyrrole nitrogens is 1. The normalized spacial score (nSPS) is 18.6. The van der Waals surface area contributed by atoms with Crippen LogP contribution in [-0.2, 0) is 44.3 Å². The van der Waals surface area contributed by atoms with E-state index in [1.54, 1.807) is 48.9 Å². The zero-order chi connectivity index (χ0) is 54.7. The summed E-state index contributed by atoms with van der Waals surface area (Å²) in [6.07, 6.45) is 6.12. The van der Waals surface area contributed by atoms with E-state index in [0.717, 1.165) is 28.6 Å². The third-order valence-electron chi connectivity index (χ3n) is 14.4. The van der Waals surface area contributed by atoms with E-state index in [1.807, 2.05) is 45.0 Å². The lowest BCUT2D eigenvalue weighted by atomic mass is 9.91. The molecule has 3 aliphatic heterocycles. The van der Waals surface area contributed by atoms with Gasteiger partial charge >= 0.3 is 0 Å². The lowest BCUT2D eigenvalue weighted by Gasteiger charge is -2.29. The number of carbonyl (C=O) groups is 3. The number of β-amino-alcohol motifs (C(OH)–C–C–N with tert-alkyl or cyclic N) is 1. The van der Waals surface area contributed by atoms with Crippen molar-refractivity contribution in [1.82, 2.24) is 40.2 Å². The highest BCUT2D eigenvalue weighted by atomic mass is 32.2. The van der Waals surface area contributed by atoms with Gasteiger partial charge in [0.2, 0.25) is 5.91 Å². The Morgan fingerprint density at radius 2 is 1.84 bits per heavy atom. The number of ether oxygens (including phenoxy) is 1. The number of likely N-dealkylation sites (tertiary alicyclic amines) is 1. The van der Waals surface area contributed by atoms with E-state index in [-0.39, 0.29) is 95.7 Å². The zero-order valence-corrected chi connectivity index (χ0v) is 44.7. The van der Waals surface area contributed by atoms with Crippen LogP contribution in [0, 0.1) is 24.5 Å². The van der Waals surface area contributed by atoms with Crippen molar-refractivity contribution in [3.8, 4) is 27.4 Å². The molecule has 4 atom stereocenters. The average molecular weight is 1090 g/mol. The predicted octanol–water partition coefficient (Wildman–Crippen LogP) is 6.95. The van der Waals surface area contributed by atoms with Gasteiger partial charge in [0.25, 0.3) is 23.3 Å². The van der Waals surface area contributed by atoms with Crippen LogP contribution in [0.5, 0.6) is 5.88 Å². The summed E-state index contributed by atoms with van der Waals surface area (Å²) in [7, 11) is -2.13. The van der Waals surface area contributed by atoms with Gasteiger partial charge in [-0.15, -0.1) is 11.3 Å². The highest BCUT2D eigenvalue weighted by molar-refractivity contribution is 7.89. The summed E-state index contributed by atoms with van der Waals surface area (Å²) in [6, 6.07) is 12.2. The van der Waals surface area contributed by atoms with Crippen LogP contribution in [0.15, 0.2) is 86.9 Å². The minimum atomic E-state index is -3.70. The second-order valence-electron chi connectivity index (χ2n) is 20.4. The van der Waals surface area contributed by atoms with Crippen molar-refractivity contribution in [2.45, 2.75) is 89.3 Å². The van der Waals surface area contributed by atoms with Crippen molar-refractivity contribution in [3.05, 3.63) is 128 Å². The maximum atomic E-state index is 15.6. The van der Waals surface area contributed by atoms with Gasteiger partial charge < -0.3 is 44.4 Å². The molecule has 1 saturated heterocycles. The Bertz CT molecular complexity index is 3680. The monoisotopic (exact) mass is 1090 g/mol. The van der Waals surface area contributed by atoms with Crippen LogP contribution in [0.3, 0.4) is 0 Å². The zero-order valence-electron chi connectivity index (χ0n) is 43.0. The number of anilines is 2. The number of aliphatic imine (C=N–C) groups is 1. The molecule has 0 bridgehead atoms. The number of unbranched alkanes of at least 4 members (excludes halogenated alkanes) is 2. The van der Waals surface area contributed by atoms with E-state index in [1.165, 1.54) is 26.9 Å². The average Bonchev–Trinajstić information content (AvgIpc) is 4.34. The third-order valence-corrected chi connectivity index (χ3v) is 16.2. The first-order chi connectivity index (χ1) is 36.7. The number of aromatic amines is 1. The highest BCUT2D eigenvalue weighted by Crippen LogP contribution is 2.45. The molecule has 3 aliphatic rings. The number of aryl methyl sites for hydroxylation is 2. The smallest absolute Gasteiger partial charge is 0.274 e. The Morgan fingerprint density at radius 1 is 1.06 bits per heavy atom. The molecule has 3 amide bonds. The second-order valence-corrected chi connectivity index (χ2v) is 23.4. The van der Waals surface area contributed by atoms with Gasteiger partial charge in [-0.25, -0.2) is 32.2 Å². The number of amidine groups is 1. The molecular weight excluding hydrogens is 1030 g/mol. The van der Waals surface area contributed by atoms with Crippen molar-refractivity contribution in [2.24, 2.45) is 18.0 Å². The SMILES string of the molecule is Cc1ncsc1-c1ccc([C@@]2(C)N=C([C@H]3C[C@@H](O)CN3C(=O)[C@H](c3cc(OCCCCCNC(=O)c4cc5c(cc4CS(C)(=O)=O)-c4cn(C)c(=O)c6[nH]cc(c46)CN5c4ncc(F)cc4F)no3)C(C)C)NC2=O)cc1. The van der Waals surface area contributed by atoms with E-state index < -0.39 is 56.7 Å². The van der Waals surface area contributed by atoms with E-state index in [0.29, 0.717) is 58.8 Å². The number of nitrogens with one attached hydrogen (secondary N) is 3. The lowest BCUT2D eigenvalue weighted by Crippen LogP contribution is -2.48. The van der Waals surface area contributed by atoms with Crippen LogP contribution in [0.2, 0.25) is 0 Å². The number of hydrogen-bond donors (Lipinski definition) is 4. The summed E-state index contributed by atoms with van der Waals surface area (Å²) in [5, 5.41) is 21.3. The molecule has 0 unspecified atom stereocenters. The lowest BCUT2D eigenvalue weighted by molar-refractivity contribution is -0.134. The molecule has 19 nitrogen and oxygen atoms in total. The van der Waals surface area contributed by atoms with Crippen molar-refractivity contribution in [2.75, 3.05) is 30.9 Å². The molecule has 0 aliphatic carbocycles. The topological polar surface area (TPSA) is 247 Å². The first-order valence-electron chi connectivity index (χ1n) is 25.1. The number of rotatable bonds is 17. The number of amides is 3. The molecule has 0 spiro atoms. The van der Waals surface area contributed by atoms with Crippen molar-refractivity contribution >= 4 is 67.1 Å². The summed E-state index contributed by atoms with van der Waals surface area (Å²) < 4.78 is 68.4. The summed E-state index contributed by atoms with van der Waals surface area (Å²) >= 11 is 1.54. The molecule has 5 aromatic heterocycles. The summed E-state index contributed by atoms with van der Waals surface area (Å²) in [4.78, 5) is 75.7. The molecule has 1 fully saturated rings. The quantitative estimate of drug-likeness (QED) is 0.0676. The van der Waals surface area contributed by atoms with Gasteiger partial charge in [0.05, 0.1) is 59.0 Å². The van der Waals surface area contributed by atoms with Crippen molar-refractivity contribution in [3.63, 3.8) is 0 Å². The minimum Gasteiger partial charge on any atom is -0.476 e. The number of carbonyl (C=O) groups excluding carboxylic acids is 3. The first kappa shape index (κ1) is 52.8. The maximum absolute atomic E-state index is 15.6. The molecule has 8 heterocycles. The van der Waals surface area contributed by atoms with Gasteiger partial charge in [0.1, 0.15) is 23.1 Å². The van der Waals surface area contributed by atoms with Crippen molar-refractivity contribution < 1.29 is 45.9 Å². The Hall–Kier alpha value is -7.63. The summed E-state index contributed by atoms with van der Waals surface area (Å²) in [5.41, 5.74) is 5.10. The van der Waals surface area contributed by atoms with Crippen LogP contribution in [0.25, 0.3) is 32.5 Å². The number of benzene rings is 2. The number of aromatic nitrogens is 5. The highest BCUT2D eigenvalue weighted by Gasteiger charge is 2.48. The Balaban J connectivity index is 0.783. The van der Waals surface area contributed by atoms with Crippen molar-refractivity contribution in [1.29, 1.82) is 0 Å². The number of hydrogen-bond acceptors (Lipinski definition) is 15. The number of aliphatic hydroxyl groups is 1. The fourth-order valence-electron chi connectivity index (χ4n) is 10.5. The molecule has 4 N–H and O–H groups in total. The van der Waals surface area contributed by atoms with Crippen LogP contribution >= 0.6 is 11.3 Å². The molecule has 402 valence electrons. The molecule has 23 heteroatoms. The van der Waals surface area contributed by atoms with E-state index in [9.17, 15) is 37.1 Å². The molecule has 77 heavy (non-hydrogen) atoms. The summed E-state index contributed by atoms with van der Waals surface area (Å²) in [5.74, 6) is -4.17. The Kier molecular flexibility index (Phi) is 14.2. The maximum Gasteiger partial charge on any atom is 0.274 e. The molecule has 0 saturated carbocycles. The van der Waals surface area contributed by atoms with E-state index in [4.69, 9.17) is 14.3 Å². The number of sulfone groups is 1. The van der Waals surface area contributed by atoms with Gasteiger partial charge in [-0.05, 0) is 78.6 Å². The Morgan fingerprint density at radius 3 is 2.56 bits per heavy atom. The number of aliphatic hydroxyl groups excluding tert-OH is 1. The molecule has 0 radical (unpaired) electrons. The fourth-order valence-corrected chi connectivity index (χ4v) is 12.1. The van der Waals surface area contributed by atoms with E-state index in [2.05, 4.69) is 30.7 Å². The van der Waals surface area contributed by atoms with Crippen LogP contribution in [0.1, 0.15) is 90.9 Å². The molecule has 10 rings (SSSR count). The molecular formula is C54H56F2N10O9S2. The number of pyridine rings is 2. The van der Waals surface area contributed by atoms with Gasteiger partial charge in [-0.2, -0.15) is 0 Å². The number of fused-ring (bicyclic) bond motifs is 2. The first-order valence-corrected chi connectivity index (χ1v) is 28.0. The molecule has 2 aromatic carbocycles. The van der Waals surface area contributed by atoms with Gasteiger partial charge in [-0.3, -0.25) is 19.2 Å². The number of thiazole rings is 1. The Labute approximate surface area is 445 Å². The minimum absolute atomic E-state index is 0.0259. The van der Waals surface area contributed by atoms with E-state index >= 15 is 4.39 Å². The van der Waals surface area contributed by atoms with Gasteiger partial charge in [0, 0.05) is 79.4 Å². The third kappa shape index (κ3) is 10.3. The number of halogens is 2. The van der Waals surface area contributed by atoms with Gasteiger partial charge in [0.15, 0.2) is 32.8 Å². The predicted molar refractivity (Wildman–Crippen MR) is 285 cm³/mol. The van der Waals surface area contributed by atoms with Crippen LogP contribution < -0.4 is 25.8 Å². The fraction of sp³-hybridized carbons (Fsp3) is 0.370. The summed E-state index contributed by atoms with van der Waals surface area (Å²) in [6.45, 7) is 7.84. The number of nitrogens with zero attached hydrogens (tertiary/aromatic N) is 7.